The molecule has 0 aliphatic carbocycles. The Labute approximate surface area is 774 Å². The number of fused-ring (bicyclic) bond motifs is 15. The largest absolute Gasteiger partial charge is 0.472 e. The first kappa shape index (κ1) is 96.7. The number of ether oxygens (including phenoxy) is 6. The maximum atomic E-state index is 16.0. The van der Waals surface area contributed by atoms with Gasteiger partial charge in [-0.25, -0.2) is 97.2 Å². The molecule has 30 unspecified atom stereocenters. The second-order valence-electron chi connectivity index (χ2n) is 31.3. The number of aliphatic hydroxyl groups excluding tert-OH is 4. The summed E-state index contributed by atoms with van der Waals surface area (Å²) in [6, 6.07) is 0. The maximum Gasteiger partial charge on any atom is 0.472 e. The van der Waals surface area contributed by atoms with Crippen LogP contribution in [0, 0.1) is 26.7 Å². The van der Waals surface area contributed by atoms with E-state index in [-0.39, 0.29) is 102 Å². The SMILES string of the molecule is Cc1nc2c(ncn2C2OC3COP(=O)(O)OC4C(COP(=O)(O)OC2C3CO)OC(n2cnc3c(N)ncnc32)C4O)c(=O)[nH]1.Cc1nc2c(ncn2C2OC3COP(=O)(S)OC4C(COP(O)(=S)OC2C3O)OC(n2cnc3c(N)ncnc32)C4F)c(=O)[nH]1.Cc1nc2c(ncn2C2OC3COP(O)(=S)OC4C(COP(O)(=S)OC2C3O)OC(n2cnc3c(N)ncnc32)C4F)c(=O)[nH]1. The van der Waals surface area contributed by atoms with Crippen LogP contribution in [0.3, 0.4) is 0 Å². The summed E-state index contributed by atoms with van der Waals surface area (Å²) in [7, 11) is -10.1. The Morgan fingerprint density at radius 3 is 1.09 bits per heavy atom. The van der Waals surface area contributed by atoms with E-state index in [1.165, 1.54) is 84.9 Å². The van der Waals surface area contributed by atoms with Crippen LogP contribution in [0.4, 0.5) is 26.2 Å². The average molecular weight is 2100 g/mol. The number of H-pyrrole nitrogens is 3. The number of rotatable bonds is 7. The van der Waals surface area contributed by atoms with Gasteiger partial charge < -0.3 is 119 Å². The third kappa shape index (κ3) is 18.7. The Kier molecular flexibility index (Phi) is 26.4. The fourth-order valence-corrected chi connectivity index (χ4v) is 24.1. The number of alkyl halides is 2. The third-order valence-corrected chi connectivity index (χ3v) is 30.8. The second kappa shape index (κ2) is 37.1. The first-order valence-corrected chi connectivity index (χ1v) is 53.3. The number of nitrogens with two attached hydrogens (primary N) is 3. The molecule has 0 saturated carbocycles. The number of thiol groups is 1. The molecule has 21 heterocycles. The van der Waals surface area contributed by atoms with E-state index in [1.807, 2.05) is 0 Å². The van der Waals surface area contributed by atoms with Gasteiger partial charge >= 0.3 is 42.6 Å². The summed E-state index contributed by atoms with van der Waals surface area (Å²) >= 11 is 19.7. The number of aromatic amines is 3. The van der Waals surface area contributed by atoms with Gasteiger partial charge in [0, 0.05) is 5.92 Å². The predicted molar refractivity (Wildman–Crippen MR) is 460 cm³/mol. The molecule has 136 heavy (non-hydrogen) atoms. The maximum absolute atomic E-state index is 16.0. The van der Waals surface area contributed by atoms with Gasteiger partial charge in [0.25, 0.3) is 16.7 Å². The van der Waals surface area contributed by atoms with Crippen molar-refractivity contribution in [3.05, 3.63) is 105 Å². The van der Waals surface area contributed by atoms with Gasteiger partial charge in [0.2, 0.25) is 0 Å². The Balaban J connectivity index is 0.000000131. The van der Waals surface area contributed by atoms with Crippen LogP contribution in [0.1, 0.15) is 54.8 Å². The van der Waals surface area contributed by atoms with Crippen LogP contribution in [-0.4, -0.2) is 312 Å². The molecule has 9 saturated heterocycles. The van der Waals surface area contributed by atoms with E-state index in [2.05, 4.69) is 102 Å². The number of halogens is 2. The summed E-state index contributed by atoms with van der Waals surface area (Å²) in [5.41, 5.74) is 17.1. The normalized spacial score (nSPS) is 37.5. The molecule has 30 atom stereocenters. The minimum atomic E-state index is -5.05. The summed E-state index contributed by atoms with van der Waals surface area (Å²) in [5, 5.41) is 43.8. The third-order valence-electron chi connectivity index (χ3n) is 22.6. The monoisotopic (exact) mass is 2100 g/mol. The number of aliphatic hydroxyl groups is 4. The number of nitrogens with one attached hydrogen (secondary N) is 3. The van der Waals surface area contributed by atoms with Gasteiger partial charge in [-0.3, -0.25) is 82.5 Å². The van der Waals surface area contributed by atoms with Gasteiger partial charge in [-0.05, 0) is 56.2 Å². The highest BCUT2D eigenvalue weighted by atomic mass is 32.7. The Morgan fingerprint density at radius 1 is 0.382 bits per heavy atom. The molecule has 9 fully saturated rings. The van der Waals surface area contributed by atoms with E-state index in [9.17, 15) is 73.0 Å². The van der Waals surface area contributed by atoms with Crippen molar-refractivity contribution in [2.45, 2.75) is 162 Å². The van der Waals surface area contributed by atoms with Crippen LogP contribution < -0.4 is 33.9 Å². The topological polar surface area (TPSA) is 799 Å². The molecular weight excluding hydrogens is 2030 g/mol. The molecule has 12 aromatic heterocycles. The van der Waals surface area contributed by atoms with E-state index in [0.717, 1.165) is 6.33 Å². The molecular formula is C64H75F2N27O33P6S4. The molecule has 0 aromatic carbocycles. The lowest BCUT2D eigenvalue weighted by molar-refractivity contribution is -0.0671. The smallest absolute Gasteiger partial charge is 0.396 e. The highest BCUT2D eigenvalue weighted by Gasteiger charge is 2.59. The number of nitrogens with zero attached hydrogens (tertiary/aromatic N) is 21. The number of aromatic nitrogens is 24. The predicted octanol–water partition coefficient (Wildman–Crippen LogP) is -1.36. The summed E-state index contributed by atoms with van der Waals surface area (Å²) in [6.07, 6.45) is -23.0. The van der Waals surface area contributed by atoms with Crippen LogP contribution in [0.15, 0.2) is 71.3 Å². The standard InChI is InChI=1S/C22H27N9O13P2.2C21H24FN9O10P2S2/c1-8-28-19-13(20(34)29-8)27-7-31(19)22-15-9(2-32)10(41-22)3-39-46(37,38)44-16-11(4-40-45(35,36)43-15)42-21(14(16)33)30-6-26-12-17(23)24-5-25-18(12)30;2*1-7-28-18-12(19(33)29-7)27-6-31(18)21-15-13(32)8(38-21)2-36-42(34,44)40-14-9(3-37-43(35,45)41-15)39-20(10(14)22)30-5-26-11-16(23)24-4-25-17(11)30/h5-7,9-11,14-16,21-22,32-33H,2-4H2,1H3,(H,35,36)(H,37,38)(H2,23,24,25)(H,28,29,34);2*4-6,8-10,13-15,20-21,32H,2-3H2,1H3,(H,34,44)(H,35,45)(H2,23,24,25)(H,28,29,33). The Morgan fingerprint density at radius 2 is 0.684 bits per heavy atom. The number of aryl methyl sites for hydroxylation is 3. The lowest BCUT2D eigenvalue weighted by Crippen LogP contribution is -2.36. The van der Waals surface area contributed by atoms with Gasteiger partial charge in [0.1, 0.15) is 138 Å². The van der Waals surface area contributed by atoms with Crippen molar-refractivity contribution in [3.8, 4) is 0 Å². The molecule has 72 heteroatoms. The van der Waals surface area contributed by atoms with Crippen LogP contribution >= 0.6 is 54.8 Å². The van der Waals surface area contributed by atoms with Gasteiger partial charge in [0.15, 0.2) is 118 Å². The molecule has 6 bridgehead atoms. The number of hydrogen-bond donors (Lipinski definition) is 16. The first-order chi connectivity index (χ1) is 64.5. The fourth-order valence-electron chi connectivity index (χ4n) is 16.4. The summed E-state index contributed by atoms with van der Waals surface area (Å²) in [4.78, 5) is 161. The van der Waals surface area contributed by atoms with E-state index in [4.69, 9.17) is 135 Å². The molecule has 9 aliphatic rings. The van der Waals surface area contributed by atoms with E-state index in [1.54, 1.807) is 13.8 Å². The van der Waals surface area contributed by atoms with Crippen molar-refractivity contribution in [1.82, 2.24) is 117 Å². The molecule has 0 amide bonds. The van der Waals surface area contributed by atoms with Crippen molar-refractivity contribution in [2.24, 2.45) is 5.92 Å². The number of anilines is 3. The second-order valence-corrected chi connectivity index (χ2v) is 45.3. The van der Waals surface area contributed by atoms with E-state index < -0.39 is 253 Å². The highest BCUT2D eigenvalue weighted by Crippen LogP contribution is 2.61. The highest BCUT2D eigenvalue weighted by molar-refractivity contribution is 8.44. The van der Waals surface area contributed by atoms with Crippen molar-refractivity contribution < 1.29 is 150 Å². The average Bonchev–Trinajstić information content (AvgIpc) is 1.63. The van der Waals surface area contributed by atoms with Crippen LogP contribution in [-0.2, 0) is 132 Å². The minimum absolute atomic E-state index is 0.0231. The number of imidazole rings is 6. The fraction of sp³-hybridized carbons (Fsp3) is 0.531. The number of hydrogen-bond acceptors (Lipinski definition) is 49. The zero-order valence-corrected chi connectivity index (χ0v) is 77.8. The van der Waals surface area contributed by atoms with Crippen molar-refractivity contribution in [3.63, 3.8) is 0 Å². The molecule has 0 radical (unpaired) electrons. The molecule has 0 spiro atoms. The number of phosphoric acid groups is 2. The lowest BCUT2D eigenvalue weighted by atomic mass is 9.99. The lowest BCUT2D eigenvalue weighted by Gasteiger charge is -2.27. The number of phosphoric ester groups is 2. The van der Waals surface area contributed by atoms with Gasteiger partial charge in [-0.1, -0.05) is 12.2 Å². The van der Waals surface area contributed by atoms with Gasteiger partial charge in [-0.15, -0.1) is 0 Å². The quantitative estimate of drug-likeness (QED) is 0.0647. The summed E-state index contributed by atoms with van der Waals surface area (Å²) < 4.78 is 181. The van der Waals surface area contributed by atoms with Crippen molar-refractivity contribution >= 4 is 175 Å². The van der Waals surface area contributed by atoms with Gasteiger partial charge in [-0.2, -0.15) is 0 Å². The molecule has 18 N–H and O–H groups in total. The molecule has 21 rings (SSSR count). The Hall–Kier alpha value is -8.13. The zero-order chi connectivity index (χ0) is 96.2. The van der Waals surface area contributed by atoms with Gasteiger partial charge in [0.05, 0.1) is 90.3 Å². The molecule has 9 aliphatic heterocycles. The van der Waals surface area contributed by atoms with E-state index >= 15 is 8.78 Å². The summed E-state index contributed by atoms with van der Waals surface area (Å²) in [6.45, 7) is -17.0. The summed E-state index contributed by atoms with van der Waals surface area (Å²) in [5.74, 6) is -0.198. The Bertz CT molecular complexity index is 6880. The van der Waals surface area contributed by atoms with E-state index in [0.29, 0.717) is 0 Å². The molecule has 12 aromatic rings. The van der Waals surface area contributed by atoms with Crippen LogP contribution in [0.2, 0.25) is 0 Å². The van der Waals surface area contributed by atoms with Crippen molar-refractivity contribution in [2.75, 3.05) is 63.4 Å². The number of nitrogen functional groups attached to an aromatic ring is 3. The molecule has 60 nitrogen and oxygen atoms in total. The molecule has 732 valence electrons. The van der Waals surface area contributed by atoms with Crippen molar-refractivity contribution in [1.29, 1.82) is 0 Å². The van der Waals surface area contributed by atoms with Crippen LogP contribution in [0.25, 0.3) is 67.0 Å². The minimum Gasteiger partial charge on any atom is -0.396 e. The zero-order valence-electron chi connectivity index (χ0n) is 69.1. The van der Waals surface area contributed by atoms with Crippen LogP contribution in [0.5, 0.6) is 0 Å². The first-order valence-electron chi connectivity index (χ1n) is 39.9.